The van der Waals surface area contributed by atoms with Gasteiger partial charge in [-0.25, -0.2) is 0 Å². The Morgan fingerprint density at radius 1 is 1.20 bits per heavy atom. The Hall–Kier alpha value is -1.21. The van der Waals surface area contributed by atoms with Gasteiger partial charge in [0.1, 0.15) is 5.41 Å². The Labute approximate surface area is 123 Å². The molecule has 0 saturated carbocycles. The number of carbonyl (C=O) groups excluding carboxylic acids is 2. The minimum Gasteiger partial charge on any atom is -0.392 e. The van der Waals surface area contributed by atoms with Crippen molar-refractivity contribution in [2.45, 2.75) is 26.2 Å². The summed E-state index contributed by atoms with van der Waals surface area (Å²) < 4.78 is 5.31. The van der Waals surface area contributed by atoms with Gasteiger partial charge in [0.05, 0.1) is 10.4 Å². The Kier molecular flexibility index (Phi) is 4.02. The number of rotatable bonds is 3. The van der Waals surface area contributed by atoms with Gasteiger partial charge in [-0.15, -0.1) is 0 Å². The van der Waals surface area contributed by atoms with E-state index in [1.165, 1.54) is 0 Å². The van der Waals surface area contributed by atoms with E-state index in [2.05, 4.69) is 0 Å². The number of thiocarbonyl (C=S) groups is 1. The van der Waals surface area contributed by atoms with E-state index in [1.807, 2.05) is 0 Å². The molecule has 0 aromatic heterocycles. The van der Waals surface area contributed by atoms with Crippen molar-refractivity contribution in [1.29, 1.82) is 0 Å². The molecule has 2 amide bonds. The number of carbonyl (C=O) groups is 2. The topological polar surface area (TPSA) is 98.7 Å². The van der Waals surface area contributed by atoms with Crippen molar-refractivity contribution in [1.82, 2.24) is 4.90 Å². The number of nitrogens with zero attached hydrogens (tertiary/aromatic N) is 1. The molecule has 2 aliphatic rings. The zero-order chi connectivity index (χ0) is 15.0. The molecule has 0 radical (unpaired) electrons. The summed E-state index contributed by atoms with van der Waals surface area (Å²) in [4.78, 5) is 26.2. The molecule has 2 fully saturated rings. The summed E-state index contributed by atoms with van der Waals surface area (Å²) in [5, 5.41) is 0. The minimum absolute atomic E-state index is 0.0849. The van der Waals surface area contributed by atoms with Gasteiger partial charge in [0, 0.05) is 26.3 Å². The second kappa shape index (κ2) is 5.29. The second-order valence-electron chi connectivity index (χ2n) is 5.96. The number of nitrogens with two attached hydrogens (primary N) is 2. The van der Waals surface area contributed by atoms with E-state index in [0.29, 0.717) is 45.6 Å². The van der Waals surface area contributed by atoms with Gasteiger partial charge < -0.3 is 21.1 Å². The summed E-state index contributed by atoms with van der Waals surface area (Å²) in [6.07, 6.45) is 1.59. The lowest BCUT2D eigenvalue weighted by Crippen LogP contribution is -2.53. The lowest BCUT2D eigenvalue weighted by molar-refractivity contribution is -0.142. The SMILES string of the molecule is CC1(C(N)=O)CCN(C(=O)C2(C(N)=S)CCOCC2)C1. The first-order valence-corrected chi connectivity index (χ1v) is 7.20. The average Bonchev–Trinajstić information content (AvgIpc) is 2.82. The van der Waals surface area contributed by atoms with Crippen LogP contribution in [0, 0.1) is 10.8 Å². The zero-order valence-corrected chi connectivity index (χ0v) is 12.5. The quantitative estimate of drug-likeness (QED) is 0.703. The Bertz CT molecular complexity index is 448. The summed E-state index contributed by atoms with van der Waals surface area (Å²) in [7, 11) is 0. The molecule has 6 nitrogen and oxygen atoms in total. The van der Waals surface area contributed by atoms with Crippen molar-refractivity contribution in [3.8, 4) is 0 Å². The van der Waals surface area contributed by atoms with E-state index >= 15 is 0 Å². The van der Waals surface area contributed by atoms with Crippen LogP contribution < -0.4 is 11.5 Å². The molecule has 0 bridgehead atoms. The molecule has 1 unspecified atom stereocenters. The van der Waals surface area contributed by atoms with Crippen LogP contribution >= 0.6 is 12.2 Å². The molecule has 0 aromatic rings. The lowest BCUT2D eigenvalue weighted by Gasteiger charge is -2.38. The molecule has 2 rings (SSSR count). The molecule has 7 heteroatoms. The smallest absolute Gasteiger partial charge is 0.235 e. The zero-order valence-electron chi connectivity index (χ0n) is 11.7. The number of amides is 2. The molecule has 112 valence electrons. The third-order valence-corrected chi connectivity index (χ3v) is 4.97. The number of hydrogen-bond donors (Lipinski definition) is 2. The van der Waals surface area contributed by atoms with Crippen molar-refractivity contribution in [3.63, 3.8) is 0 Å². The summed E-state index contributed by atoms with van der Waals surface area (Å²) >= 11 is 5.13. The highest BCUT2D eigenvalue weighted by atomic mass is 32.1. The monoisotopic (exact) mass is 299 g/mol. The molecule has 0 aliphatic carbocycles. The predicted molar refractivity (Wildman–Crippen MR) is 77.8 cm³/mol. The molecule has 2 saturated heterocycles. The summed E-state index contributed by atoms with van der Waals surface area (Å²) in [6.45, 7) is 3.60. The Morgan fingerprint density at radius 3 is 2.25 bits per heavy atom. The van der Waals surface area contributed by atoms with Crippen molar-refractivity contribution in [2.75, 3.05) is 26.3 Å². The van der Waals surface area contributed by atoms with Gasteiger partial charge in [0.25, 0.3) is 0 Å². The summed E-state index contributed by atoms with van der Waals surface area (Å²) in [5.74, 6) is -0.456. The largest absolute Gasteiger partial charge is 0.392 e. The molecular formula is C13H21N3O3S. The first-order valence-electron chi connectivity index (χ1n) is 6.79. The van der Waals surface area contributed by atoms with Crippen LogP contribution in [0.2, 0.25) is 0 Å². The maximum absolute atomic E-state index is 12.8. The van der Waals surface area contributed by atoms with E-state index in [1.54, 1.807) is 11.8 Å². The van der Waals surface area contributed by atoms with Crippen molar-refractivity contribution < 1.29 is 14.3 Å². The molecule has 2 aliphatic heterocycles. The molecular weight excluding hydrogens is 278 g/mol. The van der Waals surface area contributed by atoms with Crippen molar-refractivity contribution in [2.24, 2.45) is 22.3 Å². The molecule has 1 atom stereocenters. The van der Waals surface area contributed by atoms with E-state index in [-0.39, 0.29) is 16.8 Å². The number of hydrogen-bond acceptors (Lipinski definition) is 4. The standard InChI is InChI=1S/C13H21N3O3S/c1-12(9(14)17)2-5-16(8-12)11(18)13(10(15)20)3-6-19-7-4-13/h2-8H2,1H3,(H2,14,17)(H2,15,20). The van der Waals surface area contributed by atoms with E-state index in [9.17, 15) is 9.59 Å². The Balaban J connectivity index is 2.18. The first kappa shape index (κ1) is 15.2. The van der Waals surface area contributed by atoms with Gasteiger partial charge in [-0.3, -0.25) is 9.59 Å². The normalized spacial score (nSPS) is 29.1. The van der Waals surface area contributed by atoms with Gasteiger partial charge in [-0.2, -0.15) is 0 Å². The third-order valence-electron chi connectivity index (χ3n) is 4.58. The fourth-order valence-corrected chi connectivity index (χ4v) is 3.22. The van der Waals surface area contributed by atoms with E-state index in [4.69, 9.17) is 28.4 Å². The van der Waals surface area contributed by atoms with E-state index in [0.717, 1.165) is 0 Å². The van der Waals surface area contributed by atoms with Crippen LogP contribution in [0.15, 0.2) is 0 Å². The molecule has 20 heavy (non-hydrogen) atoms. The first-order chi connectivity index (χ1) is 9.32. The van der Waals surface area contributed by atoms with Crippen LogP contribution in [0.3, 0.4) is 0 Å². The predicted octanol–water partition coefficient (Wildman–Crippen LogP) is -0.207. The second-order valence-corrected chi connectivity index (χ2v) is 6.40. The fraction of sp³-hybridized carbons (Fsp3) is 0.769. The third kappa shape index (κ3) is 2.40. The van der Waals surface area contributed by atoms with E-state index < -0.39 is 10.8 Å². The van der Waals surface area contributed by atoms with Crippen LogP contribution in [-0.4, -0.2) is 48.0 Å². The lowest BCUT2D eigenvalue weighted by atomic mass is 9.78. The number of primary amides is 1. The van der Waals surface area contributed by atoms with Crippen LogP contribution in [0.1, 0.15) is 26.2 Å². The van der Waals surface area contributed by atoms with Gasteiger partial charge in [-0.05, 0) is 26.2 Å². The van der Waals surface area contributed by atoms with Gasteiger partial charge >= 0.3 is 0 Å². The summed E-state index contributed by atoms with van der Waals surface area (Å²) in [6, 6.07) is 0. The number of ether oxygens (including phenoxy) is 1. The van der Waals surface area contributed by atoms with Crippen molar-refractivity contribution >= 4 is 29.0 Å². The maximum Gasteiger partial charge on any atom is 0.235 e. The molecule has 4 N–H and O–H groups in total. The highest BCUT2D eigenvalue weighted by molar-refractivity contribution is 7.80. The Morgan fingerprint density at radius 2 is 1.80 bits per heavy atom. The van der Waals surface area contributed by atoms with Crippen molar-refractivity contribution in [3.05, 3.63) is 0 Å². The van der Waals surface area contributed by atoms with Crippen LogP contribution in [0.25, 0.3) is 0 Å². The molecule has 2 heterocycles. The van der Waals surface area contributed by atoms with Gasteiger partial charge in [-0.1, -0.05) is 12.2 Å². The van der Waals surface area contributed by atoms with Gasteiger partial charge in [0.15, 0.2) is 0 Å². The fourth-order valence-electron chi connectivity index (χ4n) is 2.92. The molecule has 0 spiro atoms. The average molecular weight is 299 g/mol. The van der Waals surface area contributed by atoms with Crippen LogP contribution in [-0.2, 0) is 14.3 Å². The highest BCUT2D eigenvalue weighted by Gasteiger charge is 2.49. The molecule has 0 aromatic carbocycles. The number of likely N-dealkylation sites (tertiary alicyclic amines) is 1. The van der Waals surface area contributed by atoms with Gasteiger partial charge in [0.2, 0.25) is 11.8 Å². The highest BCUT2D eigenvalue weighted by Crippen LogP contribution is 2.37. The minimum atomic E-state index is -0.823. The van der Waals surface area contributed by atoms with Crippen LogP contribution in [0.4, 0.5) is 0 Å². The van der Waals surface area contributed by atoms with Crippen LogP contribution in [0.5, 0.6) is 0 Å². The maximum atomic E-state index is 12.8. The summed E-state index contributed by atoms with van der Waals surface area (Å²) in [5.41, 5.74) is 9.78.